The number of fused-ring (bicyclic) bond motifs is 1. The molecule has 0 fully saturated rings. The summed E-state index contributed by atoms with van der Waals surface area (Å²) in [6.45, 7) is 3.23. The van der Waals surface area contributed by atoms with Gasteiger partial charge in [-0.3, -0.25) is 0 Å². The Kier molecular flexibility index (Phi) is 4.51. The first-order valence-electron chi connectivity index (χ1n) is 8.53. The summed E-state index contributed by atoms with van der Waals surface area (Å²) in [6.07, 6.45) is 2.53. The van der Waals surface area contributed by atoms with E-state index in [1.54, 1.807) is 6.20 Å². The van der Waals surface area contributed by atoms with Gasteiger partial charge < -0.3 is 20.1 Å². The van der Waals surface area contributed by atoms with Crippen molar-refractivity contribution in [2.45, 2.75) is 13.3 Å². The van der Waals surface area contributed by atoms with Crippen LogP contribution in [0.4, 0.5) is 23.1 Å². The predicted octanol–water partition coefficient (Wildman–Crippen LogP) is 3.69. The topological polar surface area (TPSA) is 81.2 Å². The summed E-state index contributed by atoms with van der Waals surface area (Å²) in [6, 6.07) is 13.7. The fourth-order valence-corrected chi connectivity index (χ4v) is 2.76. The van der Waals surface area contributed by atoms with Crippen LogP contribution in [0.25, 0.3) is 0 Å². The summed E-state index contributed by atoms with van der Waals surface area (Å²) >= 11 is 0. The molecule has 0 spiro atoms. The summed E-state index contributed by atoms with van der Waals surface area (Å²) in [5.41, 5.74) is 3.04. The van der Waals surface area contributed by atoms with Crippen LogP contribution in [0.2, 0.25) is 0 Å². The molecule has 132 valence electrons. The molecule has 7 nitrogen and oxygen atoms in total. The van der Waals surface area contributed by atoms with Crippen LogP contribution in [0.3, 0.4) is 0 Å². The average Bonchev–Trinajstić information content (AvgIpc) is 2.69. The van der Waals surface area contributed by atoms with Crippen LogP contribution in [-0.2, 0) is 6.42 Å². The first-order valence-corrected chi connectivity index (χ1v) is 8.53. The Morgan fingerprint density at radius 3 is 2.73 bits per heavy atom. The average molecular weight is 349 g/mol. The number of para-hydroxylation sites is 1. The minimum atomic E-state index is 0.403. The standard InChI is InChI=1S/C19H19N5O2/c1-2-13-5-3-4-6-15(13)22-18-12-20-24-19(23-18)21-14-7-8-16-17(11-14)26-10-9-25-16/h3-8,11-12H,2,9-10H2,1H3,(H2,21,22,23,24). The van der Waals surface area contributed by atoms with Crippen LogP contribution >= 0.6 is 0 Å². The van der Waals surface area contributed by atoms with E-state index in [9.17, 15) is 0 Å². The zero-order valence-corrected chi connectivity index (χ0v) is 14.4. The van der Waals surface area contributed by atoms with Crippen molar-refractivity contribution in [2.75, 3.05) is 23.8 Å². The molecule has 0 radical (unpaired) electrons. The number of benzene rings is 2. The lowest BCUT2D eigenvalue weighted by molar-refractivity contribution is 0.171. The van der Waals surface area contributed by atoms with Crippen LogP contribution in [0.1, 0.15) is 12.5 Å². The lowest BCUT2D eigenvalue weighted by Crippen LogP contribution is -2.15. The van der Waals surface area contributed by atoms with Crippen LogP contribution in [-0.4, -0.2) is 28.4 Å². The zero-order valence-electron chi connectivity index (χ0n) is 14.4. The lowest BCUT2D eigenvalue weighted by atomic mass is 10.1. The second-order valence-electron chi connectivity index (χ2n) is 5.78. The number of rotatable bonds is 5. The monoisotopic (exact) mass is 349 g/mol. The largest absolute Gasteiger partial charge is 0.486 e. The molecule has 0 saturated carbocycles. The molecule has 2 N–H and O–H groups in total. The summed E-state index contributed by atoms with van der Waals surface area (Å²) in [7, 11) is 0. The Balaban J connectivity index is 1.52. The molecule has 2 heterocycles. The molecule has 0 amide bonds. The van der Waals surface area contributed by atoms with E-state index >= 15 is 0 Å². The van der Waals surface area contributed by atoms with Crippen molar-refractivity contribution in [3.63, 3.8) is 0 Å². The minimum Gasteiger partial charge on any atom is -0.486 e. The van der Waals surface area contributed by atoms with E-state index in [1.165, 1.54) is 5.56 Å². The number of nitrogens with zero attached hydrogens (tertiary/aromatic N) is 3. The van der Waals surface area contributed by atoms with Gasteiger partial charge in [-0.1, -0.05) is 25.1 Å². The van der Waals surface area contributed by atoms with Crippen LogP contribution in [0.5, 0.6) is 11.5 Å². The molecular weight excluding hydrogens is 330 g/mol. The van der Waals surface area contributed by atoms with Gasteiger partial charge in [0.2, 0.25) is 5.95 Å². The quantitative estimate of drug-likeness (QED) is 0.727. The maximum Gasteiger partial charge on any atom is 0.249 e. The van der Waals surface area contributed by atoms with E-state index in [1.807, 2.05) is 36.4 Å². The number of aryl methyl sites for hydroxylation is 1. The van der Waals surface area contributed by atoms with Crippen molar-refractivity contribution in [3.8, 4) is 11.5 Å². The second-order valence-corrected chi connectivity index (χ2v) is 5.78. The smallest absolute Gasteiger partial charge is 0.249 e. The molecule has 0 unspecified atom stereocenters. The van der Waals surface area contributed by atoms with Gasteiger partial charge in [0.1, 0.15) is 13.2 Å². The maximum atomic E-state index is 5.60. The van der Waals surface area contributed by atoms with Gasteiger partial charge >= 0.3 is 0 Å². The number of nitrogens with one attached hydrogen (secondary N) is 2. The van der Waals surface area contributed by atoms with Crippen LogP contribution in [0, 0.1) is 0 Å². The van der Waals surface area contributed by atoms with Gasteiger partial charge in [0.15, 0.2) is 17.3 Å². The summed E-state index contributed by atoms with van der Waals surface area (Å²) < 4.78 is 11.1. The minimum absolute atomic E-state index is 0.403. The van der Waals surface area contributed by atoms with E-state index < -0.39 is 0 Å². The highest BCUT2D eigenvalue weighted by Crippen LogP contribution is 2.33. The Labute approximate surface area is 151 Å². The molecule has 3 aromatic rings. The van der Waals surface area contributed by atoms with Crippen molar-refractivity contribution < 1.29 is 9.47 Å². The molecule has 0 atom stereocenters. The third-order valence-corrected chi connectivity index (χ3v) is 4.02. The fourth-order valence-electron chi connectivity index (χ4n) is 2.76. The Morgan fingerprint density at radius 1 is 1.00 bits per heavy atom. The van der Waals surface area contributed by atoms with E-state index in [-0.39, 0.29) is 0 Å². The molecule has 0 bridgehead atoms. The lowest BCUT2D eigenvalue weighted by Gasteiger charge is -2.19. The third-order valence-electron chi connectivity index (χ3n) is 4.02. The van der Waals surface area contributed by atoms with Crippen molar-refractivity contribution >= 4 is 23.1 Å². The number of hydrogen-bond acceptors (Lipinski definition) is 7. The van der Waals surface area contributed by atoms with E-state index in [2.05, 4.69) is 38.8 Å². The first-order chi connectivity index (χ1) is 12.8. The van der Waals surface area contributed by atoms with Crippen LogP contribution < -0.4 is 20.1 Å². The molecule has 2 aromatic carbocycles. The van der Waals surface area contributed by atoms with Crippen molar-refractivity contribution in [3.05, 3.63) is 54.2 Å². The SMILES string of the molecule is CCc1ccccc1Nc1cnnc(Nc2ccc3c(c2)OCCO3)n1. The van der Waals surface area contributed by atoms with Gasteiger partial charge in [0, 0.05) is 17.4 Å². The summed E-state index contributed by atoms with van der Waals surface area (Å²) in [5.74, 6) is 2.48. The van der Waals surface area contributed by atoms with Crippen LogP contribution in [0.15, 0.2) is 48.7 Å². The van der Waals surface area contributed by atoms with E-state index in [4.69, 9.17) is 9.47 Å². The summed E-state index contributed by atoms with van der Waals surface area (Å²) in [5, 5.41) is 14.5. The molecule has 4 rings (SSSR count). The van der Waals surface area contributed by atoms with Gasteiger partial charge in [0.05, 0.1) is 6.20 Å². The van der Waals surface area contributed by atoms with Crippen molar-refractivity contribution in [1.29, 1.82) is 0 Å². The number of hydrogen-bond donors (Lipinski definition) is 2. The molecule has 1 aliphatic rings. The number of anilines is 4. The van der Waals surface area contributed by atoms with Gasteiger partial charge in [-0.15, -0.1) is 5.10 Å². The van der Waals surface area contributed by atoms with Gasteiger partial charge in [-0.2, -0.15) is 10.1 Å². The molecule has 0 aliphatic carbocycles. The molecule has 1 aliphatic heterocycles. The Hall–Kier alpha value is -3.35. The normalized spacial score (nSPS) is 12.5. The highest BCUT2D eigenvalue weighted by molar-refractivity contribution is 5.63. The summed E-state index contributed by atoms with van der Waals surface area (Å²) in [4.78, 5) is 4.48. The van der Waals surface area contributed by atoms with E-state index in [0.717, 1.165) is 23.5 Å². The van der Waals surface area contributed by atoms with Gasteiger partial charge in [-0.25, -0.2) is 0 Å². The van der Waals surface area contributed by atoms with Crippen molar-refractivity contribution in [1.82, 2.24) is 15.2 Å². The zero-order chi connectivity index (χ0) is 17.8. The van der Waals surface area contributed by atoms with Crippen molar-refractivity contribution in [2.24, 2.45) is 0 Å². The Bertz CT molecular complexity index is 916. The maximum absolute atomic E-state index is 5.60. The molecular formula is C19H19N5O2. The first kappa shape index (κ1) is 16.1. The Morgan fingerprint density at radius 2 is 1.85 bits per heavy atom. The van der Waals surface area contributed by atoms with Gasteiger partial charge in [-0.05, 0) is 30.2 Å². The number of ether oxygens (including phenoxy) is 2. The fraction of sp³-hybridized carbons (Fsp3) is 0.211. The highest BCUT2D eigenvalue weighted by atomic mass is 16.6. The highest BCUT2D eigenvalue weighted by Gasteiger charge is 2.12. The molecule has 1 aromatic heterocycles. The molecule has 7 heteroatoms. The molecule has 26 heavy (non-hydrogen) atoms. The predicted molar refractivity (Wildman–Crippen MR) is 99.6 cm³/mol. The third kappa shape index (κ3) is 3.51. The van der Waals surface area contributed by atoms with Gasteiger partial charge in [0.25, 0.3) is 0 Å². The second kappa shape index (κ2) is 7.26. The number of aromatic nitrogens is 3. The van der Waals surface area contributed by atoms with E-state index in [0.29, 0.717) is 30.7 Å². The molecule has 0 saturated heterocycles.